The van der Waals surface area contributed by atoms with Crippen molar-refractivity contribution >= 4 is 53.4 Å². The number of carbonyl (C=O) groups is 6. The van der Waals surface area contributed by atoms with E-state index in [9.17, 15) is 33.9 Å². The van der Waals surface area contributed by atoms with Crippen molar-refractivity contribution in [2.75, 3.05) is 5.32 Å². The fraction of sp³-hybridized carbons (Fsp3) is 0.161. The van der Waals surface area contributed by atoms with Crippen molar-refractivity contribution in [3.63, 3.8) is 0 Å². The van der Waals surface area contributed by atoms with Crippen LogP contribution in [0, 0.1) is 0 Å². The molecule has 0 fully saturated rings. The van der Waals surface area contributed by atoms with Crippen LogP contribution in [0.25, 0.3) is 0 Å². The first kappa shape index (κ1) is 37.4. The van der Waals surface area contributed by atoms with Crippen LogP contribution in [0.4, 0.5) is 10.5 Å². The summed E-state index contributed by atoms with van der Waals surface area (Å²) in [6.07, 6.45) is -1.18. The number of nitrogens with two attached hydrogens (primary N) is 4. The van der Waals surface area contributed by atoms with Crippen LogP contribution in [0.15, 0.2) is 82.8 Å². The van der Waals surface area contributed by atoms with Gasteiger partial charge in [-0.25, -0.2) is 14.4 Å². The molecule has 3 rings (SSSR count). The molecule has 17 heteroatoms. The third kappa shape index (κ3) is 12.7. The minimum atomic E-state index is -1.21. The summed E-state index contributed by atoms with van der Waals surface area (Å²) < 4.78 is 4.91. The fourth-order valence-electron chi connectivity index (χ4n) is 3.70. The molecule has 0 bridgehead atoms. The first-order chi connectivity index (χ1) is 22.5. The number of guanidine groups is 2. The number of nitrogens with zero attached hydrogens (tertiary/aromatic N) is 2. The zero-order chi connectivity index (χ0) is 36.0. The van der Waals surface area contributed by atoms with Crippen molar-refractivity contribution in [3.05, 3.63) is 101 Å². The molecule has 48 heavy (non-hydrogen) atoms. The van der Waals surface area contributed by atoms with Gasteiger partial charge >= 0.3 is 18.0 Å². The molecule has 0 aromatic heterocycles. The standard InChI is InChI=1S/C22H25N5O6.C9H9N3O3/c1-12(2)33-22(32)26-17(20(30)31)10-13-6-8-16(9-7-13)25-18(28)14-4-3-5-15(11-14)19(29)27-21(23)24;10-9(11)12-7(13)5-2-1-3-6(4-5)8(14)15/h3-9,11-12,17H,10H2,1-2H3,(H,25,28)(H,26,32)(H,30,31)(H4,23,24,27,29);1-4H,(H,14,15)(H4,10,11,12,13). The number of anilines is 1. The van der Waals surface area contributed by atoms with Crippen molar-refractivity contribution < 1.29 is 43.7 Å². The topological polar surface area (TPSA) is 305 Å². The lowest BCUT2D eigenvalue weighted by Crippen LogP contribution is -2.43. The van der Waals surface area contributed by atoms with Crippen LogP contribution in [0.2, 0.25) is 0 Å². The first-order valence-electron chi connectivity index (χ1n) is 13.9. The highest BCUT2D eigenvalue weighted by atomic mass is 16.6. The summed E-state index contributed by atoms with van der Waals surface area (Å²) in [6.45, 7) is 3.31. The molecule has 3 aromatic carbocycles. The number of nitrogens with one attached hydrogen (secondary N) is 2. The van der Waals surface area contributed by atoms with Gasteiger partial charge in [0, 0.05) is 28.8 Å². The van der Waals surface area contributed by atoms with Gasteiger partial charge in [0.2, 0.25) is 0 Å². The smallest absolute Gasteiger partial charge is 0.408 e. The summed E-state index contributed by atoms with van der Waals surface area (Å²) in [5, 5.41) is 23.0. The van der Waals surface area contributed by atoms with Crippen LogP contribution < -0.4 is 33.6 Å². The number of carboxylic acids is 2. The lowest BCUT2D eigenvalue weighted by atomic mass is 10.1. The Kier molecular flexibility index (Phi) is 13.7. The van der Waals surface area contributed by atoms with Gasteiger partial charge in [-0.05, 0) is 67.9 Å². The third-order valence-corrected chi connectivity index (χ3v) is 5.77. The van der Waals surface area contributed by atoms with Crippen LogP contribution in [0.1, 0.15) is 60.8 Å². The average Bonchev–Trinajstić information content (AvgIpc) is 3.01. The highest BCUT2D eigenvalue weighted by molar-refractivity contribution is 6.07. The average molecular weight is 663 g/mol. The molecule has 0 aliphatic carbocycles. The number of hydrogen-bond acceptors (Lipinski definition) is 7. The number of aliphatic carboxylic acids is 1. The molecular formula is C31H34N8O9. The number of rotatable bonds is 10. The Bertz CT molecular complexity index is 1730. The second kappa shape index (κ2) is 17.6. The maximum Gasteiger partial charge on any atom is 0.408 e. The van der Waals surface area contributed by atoms with Gasteiger partial charge in [0.05, 0.1) is 11.7 Å². The Hall–Kier alpha value is -6.78. The second-order valence-electron chi connectivity index (χ2n) is 9.99. The molecule has 0 radical (unpaired) electrons. The summed E-state index contributed by atoms with van der Waals surface area (Å²) in [7, 11) is 0. The molecule has 4 amide bonds. The monoisotopic (exact) mass is 662 g/mol. The molecule has 0 spiro atoms. The zero-order valence-electron chi connectivity index (χ0n) is 25.7. The number of hydrogen-bond donors (Lipinski definition) is 8. The van der Waals surface area contributed by atoms with E-state index in [-0.39, 0.29) is 46.7 Å². The number of aromatic carboxylic acids is 1. The van der Waals surface area contributed by atoms with Gasteiger partial charge in [0.1, 0.15) is 6.04 Å². The van der Waals surface area contributed by atoms with Crippen LogP contribution in [0.3, 0.4) is 0 Å². The summed E-state index contributed by atoms with van der Waals surface area (Å²) in [5.41, 5.74) is 22.0. The van der Waals surface area contributed by atoms with Gasteiger partial charge in [0.15, 0.2) is 11.9 Å². The predicted octanol–water partition coefficient (Wildman–Crippen LogP) is 1.28. The normalized spacial score (nSPS) is 10.6. The van der Waals surface area contributed by atoms with E-state index in [2.05, 4.69) is 20.6 Å². The Labute approximate surface area is 273 Å². The largest absolute Gasteiger partial charge is 0.480 e. The quantitative estimate of drug-likeness (QED) is 0.112. The van der Waals surface area contributed by atoms with E-state index in [1.165, 1.54) is 48.5 Å². The molecule has 252 valence electrons. The lowest BCUT2D eigenvalue weighted by molar-refractivity contribution is -0.139. The van der Waals surface area contributed by atoms with E-state index in [1.54, 1.807) is 38.1 Å². The molecule has 1 atom stereocenters. The van der Waals surface area contributed by atoms with Gasteiger partial charge in [0.25, 0.3) is 17.7 Å². The van der Waals surface area contributed by atoms with Crippen LogP contribution >= 0.6 is 0 Å². The zero-order valence-corrected chi connectivity index (χ0v) is 25.7. The van der Waals surface area contributed by atoms with Gasteiger partial charge in [-0.2, -0.15) is 9.98 Å². The highest BCUT2D eigenvalue weighted by Gasteiger charge is 2.22. The molecule has 0 saturated carbocycles. The van der Waals surface area contributed by atoms with Crippen LogP contribution in [-0.4, -0.2) is 70.0 Å². The van der Waals surface area contributed by atoms with Crippen LogP contribution in [-0.2, 0) is 16.0 Å². The maximum absolute atomic E-state index is 12.5. The van der Waals surface area contributed by atoms with Crippen molar-refractivity contribution in [2.24, 2.45) is 32.9 Å². The number of carbonyl (C=O) groups excluding carboxylic acids is 4. The molecule has 0 aliphatic rings. The highest BCUT2D eigenvalue weighted by Crippen LogP contribution is 2.15. The Balaban J connectivity index is 0.000000444. The molecule has 0 heterocycles. The number of benzene rings is 3. The summed E-state index contributed by atoms with van der Waals surface area (Å²) in [6, 6.07) is 16.6. The minimum Gasteiger partial charge on any atom is -0.480 e. The van der Waals surface area contributed by atoms with E-state index in [4.69, 9.17) is 32.8 Å². The van der Waals surface area contributed by atoms with Gasteiger partial charge in [-0.3, -0.25) is 14.4 Å². The Morgan fingerprint density at radius 2 is 1.21 bits per heavy atom. The molecule has 17 nitrogen and oxygen atoms in total. The van der Waals surface area contributed by atoms with E-state index in [0.29, 0.717) is 11.3 Å². The minimum absolute atomic E-state index is 0.00615. The first-order valence-corrected chi connectivity index (χ1v) is 13.9. The Morgan fingerprint density at radius 1 is 0.729 bits per heavy atom. The second-order valence-corrected chi connectivity index (χ2v) is 9.99. The van der Waals surface area contributed by atoms with E-state index in [0.717, 1.165) is 0 Å². The summed E-state index contributed by atoms with van der Waals surface area (Å²) >= 11 is 0. The summed E-state index contributed by atoms with van der Waals surface area (Å²) in [4.78, 5) is 76.2. The number of alkyl carbamates (subject to hydrolysis) is 1. The van der Waals surface area contributed by atoms with Gasteiger partial charge in [-0.1, -0.05) is 24.3 Å². The fourth-order valence-corrected chi connectivity index (χ4v) is 3.70. The molecule has 0 aliphatic heterocycles. The van der Waals surface area contributed by atoms with E-state index in [1.807, 2.05) is 0 Å². The molecule has 12 N–H and O–H groups in total. The van der Waals surface area contributed by atoms with Crippen LogP contribution in [0.5, 0.6) is 0 Å². The van der Waals surface area contributed by atoms with Crippen molar-refractivity contribution in [3.8, 4) is 0 Å². The number of amides is 4. The van der Waals surface area contributed by atoms with E-state index >= 15 is 0 Å². The summed E-state index contributed by atoms with van der Waals surface area (Å²) in [5.74, 6) is -4.88. The maximum atomic E-state index is 12.5. The van der Waals surface area contributed by atoms with Crippen molar-refractivity contribution in [2.45, 2.75) is 32.4 Å². The van der Waals surface area contributed by atoms with Gasteiger partial charge < -0.3 is 48.5 Å². The van der Waals surface area contributed by atoms with Crippen molar-refractivity contribution in [1.29, 1.82) is 0 Å². The van der Waals surface area contributed by atoms with Crippen molar-refractivity contribution in [1.82, 2.24) is 5.32 Å². The number of aliphatic imine (C=N–C) groups is 2. The number of carboxylic acid groups (broad SMARTS) is 2. The lowest BCUT2D eigenvalue weighted by Gasteiger charge is -2.16. The SMILES string of the molecule is CC(C)OC(=O)NC(Cc1ccc(NC(=O)c2cccc(C(=O)N=C(N)N)c2)cc1)C(=O)O.NC(N)=NC(=O)c1cccc(C(=O)O)c1. The molecule has 3 aromatic rings. The van der Waals surface area contributed by atoms with Gasteiger partial charge in [-0.15, -0.1) is 0 Å². The molecule has 0 saturated heterocycles. The Morgan fingerprint density at radius 3 is 1.67 bits per heavy atom. The number of ether oxygens (including phenoxy) is 1. The van der Waals surface area contributed by atoms with E-state index < -0.39 is 41.8 Å². The predicted molar refractivity (Wildman–Crippen MR) is 174 cm³/mol. The molecular weight excluding hydrogens is 628 g/mol. The third-order valence-electron chi connectivity index (χ3n) is 5.77. The molecule has 1 unspecified atom stereocenters.